The molecule has 1 aliphatic heterocycles. The first-order valence-corrected chi connectivity index (χ1v) is 10.4. The van der Waals surface area contributed by atoms with Crippen molar-refractivity contribution in [3.63, 3.8) is 0 Å². The van der Waals surface area contributed by atoms with Gasteiger partial charge in [-0.05, 0) is 47.5 Å². The molecule has 6 nitrogen and oxygen atoms in total. The molecule has 0 unspecified atom stereocenters. The number of fused-ring (bicyclic) bond motifs is 3. The van der Waals surface area contributed by atoms with Crippen molar-refractivity contribution in [3.8, 4) is 17.2 Å². The van der Waals surface area contributed by atoms with Crippen LogP contribution in [0.5, 0.6) is 17.2 Å². The minimum absolute atomic E-state index is 0.0351. The van der Waals surface area contributed by atoms with Crippen LogP contribution in [-0.4, -0.2) is 18.1 Å². The van der Waals surface area contributed by atoms with E-state index < -0.39 is 11.9 Å². The van der Waals surface area contributed by atoms with Crippen LogP contribution < -0.4 is 19.8 Å². The van der Waals surface area contributed by atoms with Crippen molar-refractivity contribution in [2.45, 2.75) is 18.9 Å². The number of rotatable bonds is 5. The number of carbonyl (C=O) groups excluding carboxylic acids is 1. The normalized spacial score (nSPS) is 15.1. The topological polar surface area (TPSA) is 77.6 Å². The molecule has 0 aliphatic carbocycles. The van der Waals surface area contributed by atoms with E-state index in [9.17, 15) is 14.0 Å². The molecule has 0 spiro atoms. The molecule has 4 aromatic rings. The van der Waals surface area contributed by atoms with Crippen LogP contribution in [0.3, 0.4) is 0 Å². The maximum absolute atomic E-state index is 13.1. The van der Waals surface area contributed by atoms with E-state index >= 15 is 0 Å². The summed E-state index contributed by atoms with van der Waals surface area (Å²) in [6.07, 6.45) is 0.0351. The van der Waals surface area contributed by atoms with Gasteiger partial charge in [0.15, 0.2) is 11.5 Å². The highest BCUT2D eigenvalue weighted by Crippen LogP contribution is 2.42. The quantitative estimate of drug-likeness (QED) is 0.451. The second kappa shape index (κ2) is 8.43. The fourth-order valence-electron chi connectivity index (χ4n) is 4.13. The SMILES string of the molecule is COc1cc([C@H]2CC(=O)Oc3c2c(=O)[nH]c2ccccc32)ccc1OCc1ccc(F)cc1. The number of halogens is 1. The number of hydrogen-bond donors (Lipinski definition) is 1. The van der Waals surface area contributed by atoms with Crippen LogP contribution in [0.25, 0.3) is 10.9 Å². The predicted molar refractivity (Wildman–Crippen MR) is 120 cm³/mol. The van der Waals surface area contributed by atoms with Gasteiger partial charge < -0.3 is 19.2 Å². The number of hydrogen-bond acceptors (Lipinski definition) is 5. The first kappa shape index (κ1) is 20.8. The Balaban J connectivity index is 1.51. The molecule has 0 saturated heterocycles. The molecule has 1 atom stereocenters. The van der Waals surface area contributed by atoms with E-state index in [-0.39, 0.29) is 24.4 Å². The Kier molecular flexibility index (Phi) is 5.30. The lowest BCUT2D eigenvalue weighted by atomic mass is 9.86. The molecule has 0 radical (unpaired) electrons. The first-order chi connectivity index (χ1) is 16.0. The zero-order valence-electron chi connectivity index (χ0n) is 17.8. The standard InChI is InChI=1S/C26H20FNO5/c1-31-22-12-16(8-11-21(22)32-14-15-6-9-17(27)10-7-15)19-13-23(29)33-25-18-4-2-3-5-20(18)28-26(30)24(19)25/h2-12,19H,13-14H2,1H3,(H,28,30)/t19-/m1/s1. The number of nitrogens with one attached hydrogen (secondary N) is 1. The zero-order chi connectivity index (χ0) is 22.9. The second-order valence-electron chi connectivity index (χ2n) is 7.80. The highest BCUT2D eigenvalue weighted by Gasteiger charge is 2.33. The van der Waals surface area contributed by atoms with Crippen molar-refractivity contribution in [3.05, 3.63) is 99.6 Å². The number of methoxy groups -OCH3 is 1. The molecule has 5 rings (SSSR count). The summed E-state index contributed by atoms with van der Waals surface area (Å²) in [5.74, 6) is 0.0541. The van der Waals surface area contributed by atoms with Crippen LogP contribution in [0.15, 0.2) is 71.5 Å². The van der Waals surface area contributed by atoms with Crippen molar-refractivity contribution < 1.29 is 23.4 Å². The van der Waals surface area contributed by atoms with Gasteiger partial charge in [-0.3, -0.25) is 9.59 Å². The molecule has 0 amide bonds. The van der Waals surface area contributed by atoms with Gasteiger partial charge in [-0.1, -0.05) is 30.3 Å². The summed E-state index contributed by atoms with van der Waals surface area (Å²) in [6, 6.07) is 18.6. The molecule has 0 saturated carbocycles. The number of ether oxygens (including phenoxy) is 3. The summed E-state index contributed by atoms with van der Waals surface area (Å²) in [7, 11) is 1.52. The minimum Gasteiger partial charge on any atom is -0.493 e. The smallest absolute Gasteiger partial charge is 0.312 e. The van der Waals surface area contributed by atoms with Crippen molar-refractivity contribution >= 4 is 16.9 Å². The van der Waals surface area contributed by atoms with Crippen molar-refractivity contribution in [1.82, 2.24) is 4.98 Å². The Morgan fingerprint density at radius 3 is 2.61 bits per heavy atom. The molecule has 166 valence electrons. The number of esters is 1. The Labute approximate surface area is 188 Å². The Morgan fingerprint density at radius 2 is 1.82 bits per heavy atom. The van der Waals surface area contributed by atoms with Gasteiger partial charge in [0.1, 0.15) is 18.2 Å². The van der Waals surface area contributed by atoms with Crippen LogP contribution in [0.2, 0.25) is 0 Å². The van der Waals surface area contributed by atoms with Gasteiger partial charge in [0.25, 0.3) is 5.56 Å². The summed E-state index contributed by atoms with van der Waals surface area (Å²) in [5, 5.41) is 0.677. The van der Waals surface area contributed by atoms with Crippen molar-refractivity contribution in [2.24, 2.45) is 0 Å². The van der Waals surface area contributed by atoms with E-state index in [1.165, 1.54) is 19.2 Å². The molecular formula is C26H20FNO5. The third-order valence-corrected chi connectivity index (χ3v) is 5.74. The van der Waals surface area contributed by atoms with Gasteiger partial charge in [0.05, 0.1) is 24.6 Å². The number of carbonyl (C=O) groups is 1. The fourth-order valence-corrected chi connectivity index (χ4v) is 4.13. The zero-order valence-corrected chi connectivity index (χ0v) is 17.8. The third kappa shape index (κ3) is 3.93. The monoisotopic (exact) mass is 445 g/mol. The maximum Gasteiger partial charge on any atom is 0.312 e. The van der Waals surface area contributed by atoms with Crippen LogP contribution in [0.1, 0.15) is 29.0 Å². The summed E-state index contributed by atoms with van der Waals surface area (Å²) in [4.78, 5) is 28.3. The molecule has 2 heterocycles. The van der Waals surface area contributed by atoms with E-state index in [0.717, 1.165) is 11.1 Å². The molecule has 0 fully saturated rings. The molecule has 33 heavy (non-hydrogen) atoms. The molecular weight excluding hydrogens is 425 g/mol. The average Bonchev–Trinajstić information content (AvgIpc) is 2.83. The van der Waals surface area contributed by atoms with Gasteiger partial charge in [-0.15, -0.1) is 0 Å². The van der Waals surface area contributed by atoms with E-state index in [1.54, 1.807) is 30.3 Å². The lowest BCUT2D eigenvalue weighted by Crippen LogP contribution is -2.28. The van der Waals surface area contributed by atoms with Gasteiger partial charge in [0, 0.05) is 11.3 Å². The molecule has 1 aliphatic rings. The Bertz CT molecular complexity index is 1410. The van der Waals surface area contributed by atoms with E-state index in [0.29, 0.717) is 33.7 Å². The highest BCUT2D eigenvalue weighted by molar-refractivity contribution is 5.91. The number of aromatic nitrogens is 1. The van der Waals surface area contributed by atoms with E-state index in [4.69, 9.17) is 14.2 Å². The average molecular weight is 445 g/mol. The first-order valence-electron chi connectivity index (χ1n) is 10.4. The predicted octanol–water partition coefficient (Wildman–Crippen LogP) is 4.70. The summed E-state index contributed by atoms with van der Waals surface area (Å²) in [6.45, 7) is 0.236. The fraction of sp³-hybridized carbons (Fsp3) is 0.154. The highest BCUT2D eigenvalue weighted by atomic mass is 19.1. The third-order valence-electron chi connectivity index (χ3n) is 5.74. The number of aromatic amines is 1. The van der Waals surface area contributed by atoms with Gasteiger partial charge in [0.2, 0.25) is 0 Å². The molecule has 3 aromatic carbocycles. The number of H-pyrrole nitrogens is 1. The summed E-state index contributed by atoms with van der Waals surface area (Å²) < 4.78 is 30.0. The van der Waals surface area contributed by atoms with E-state index in [1.807, 2.05) is 24.3 Å². The number of para-hydroxylation sites is 1. The number of pyridine rings is 1. The lowest BCUT2D eigenvalue weighted by molar-refractivity contribution is -0.135. The lowest BCUT2D eigenvalue weighted by Gasteiger charge is -2.25. The molecule has 0 bridgehead atoms. The number of benzene rings is 3. The van der Waals surface area contributed by atoms with Gasteiger partial charge in [-0.25, -0.2) is 4.39 Å². The van der Waals surface area contributed by atoms with Gasteiger partial charge in [-0.2, -0.15) is 0 Å². The maximum atomic E-state index is 13.1. The second-order valence-corrected chi connectivity index (χ2v) is 7.80. The van der Waals surface area contributed by atoms with Gasteiger partial charge >= 0.3 is 5.97 Å². The van der Waals surface area contributed by atoms with Crippen LogP contribution in [0.4, 0.5) is 4.39 Å². The van der Waals surface area contributed by atoms with Crippen LogP contribution in [-0.2, 0) is 11.4 Å². The Morgan fingerprint density at radius 1 is 1.03 bits per heavy atom. The summed E-state index contributed by atoms with van der Waals surface area (Å²) >= 11 is 0. The minimum atomic E-state index is -0.491. The van der Waals surface area contributed by atoms with E-state index in [2.05, 4.69) is 4.98 Å². The summed E-state index contributed by atoms with van der Waals surface area (Å²) in [5.41, 5.74) is 2.27. The molecule has 7 heteroatoms. The van der Waals surface area contributed by atoms with Crippen LogP contribution >= 0.6 is 0 Å². The largest absolute Gasteiger partial charge is 0.493 e. The van der Waals surface area contributed by atoms with Crippen LogP contribution in [0, 0.1) is 5.82 Å². The van der Waals surface area contributed by atoms with Crippen molar-refractivity contribution in [1.29, 1.82) is 0 Å². The Hall–Kier alpha value is -4.13. The molecule has 1 N–H and O–H groups in total. The van der Waals surface area contributed by atoms with Crippen molar-refractivity contribution in [2.75, 3.05) is 7.11 Å². The molecule has 1 aromatic heterocycles.